The van der Waals surface area contributed by atoms with Gasteiger partial charge < -0.3 is 11.1 Å². The summed E-state index contributed by atoms with van der Waals surface area (Å²) >= 11 is 6.60. The molecule has 1 aromatic heterocycles. The molecule has 19 heavy (non-hydrogen) atoms. The van der Waals surface area contributed by atoms with Crippen LogP contribution in [0.2, 0.25) is 0 Å². The zero-order valence-electron chi connectivity index (χ0n) is 10.9. The van der Waals surface area contributed by atoms with Gasteiger partial charge in [-0.25, -0.2) is 0 Å². The van der Waals surface area contributed by atoms with Crippen LogP contribution in [0.1, 0.15) is 30.6 Å². The summed E-state index contributed by atoms with van der Waals surface area (Å²) < 4.78 is 1.10. The normalized spacial score (nSPS) is 14.0. The molecule has 0 aliphatic heterocycles. The quantitative estimate of drug-likeness (QED) is 0.851. The molecule has 0 aliphatic rings. The number of thiophene rings is 1. The third-order valence-electron chi connectivity index (χ3n) is 3.37. The van der Waals surface area contributed by atoms with E-state index < -0.39 is 5.54 Å². The number of thiocarbonyl (C=S) groups is 1. The van der Waals surface area contributed by atoms with Crippen LogP contribution in [0.15, 0.2) is 29.6 Å². The van der Waals surface area contributed by atoms with Crippen molar-refractivity contribution < 1.29 is 4.79 Å². The van der Waals surface area contributed by atoms with Gasteiger partial charge >= 0.3 is 0 Å². The highest BCUT2D eigenvalue weighted by atomic mass is 32.1. The zero-order valence-corrected chi connectivity index (χ0v) is 12.5. The summed E-state index contributed by atoms with van der Waals surface area (Å²) in [7, 11) is 0. The van der Waals surface area contributed by atoms with Gasteiger partial charge in [-0.05, 0) is 19.4 Å². The Hall–Kier alpha value is -1.46. The first-order chi connectivity index (χ1) is 8.98. The van der Waals surface area contributed by atoms with E-state index in [0.29, 0.717) is 17.0 Å². The monoisotopic (exact) mass is 292 g/mol. The fourth-order valence-corrected chi connectivity index (χ4v) is 2.93. The van der Waals surface area contributed by atoms with E-state index >= 15 is 0 Å². The fraction of sp³-hybridized carbons (Fsp3) is 0.286. The van der Waals surface area contributed by atoms with Gasteiger partial charge in [0.25, 0.3) is 5.91 Å². The number of hydrogen-bond acceptors (Lipinski definition) is 3. The Morgan fingerprint density at radius 2 is 2.16 bits per heavy atom. The molecule has 0 saturated heterocycles. The molecule has 1 unspecified atom stereocenters. The molecule has 1 heterocycles. The van der Waals surface area contributed by atoms with Crippen molar-refractivity contribution in [3.8, 4) is 0 Å². The molecule has 1 aromatic carbocycles. The van der Waals surface area contributed by atoms with Crippen LogP contribution in [0.3, 0.4) is 0 Å². The number of nitrogens with one attached hydrogen (secondary N) is 1. The van der Waals surface area contributed by atoms with Crippen molar-refractivity contribution in [3.63, 3.8) is 0 Å². The lowest BCUT2D eigenvalue weighted by Crippen LogP contribution is -2.54. The van der Waals surface area contributed by atoms with Gasteiger partial charge in [0, 0.05) is 15.5 Å². The van der Waals surface area contributed by atoms with E-state index in [9.17, 15) is 4.79 Å². The first-order valence-corrected chi connectivity index (χ1v) is 7.35. The first kappa shape index (κ1) is 14.0. The summed E-state index contributed by atoms with van der Waals surface area (Å²) in [5, 5.41) is 5.77. The highest BCUT2D eigenvalue weighted by Gasteiger charge is 2.28. The smallest absolute Gasteiger partial charge is 0.253 e. The number of carbonyl (C=O) groups is 1. The van der Waals surface area contributed by atoms with Crippen molar-refractivity contribution in [1.29, 1.82) is 0 Å². The molecule has 0 spiro atoms. The summed E-state index contributed by atoms with van der Waals surface area (Å²) in [4.78, 5) is 12.7. The molecule has 1 atom stereocenters. The van der Waals surface area contributed by atoms with E-state index in [0.717, 1.165) is 10.1 Å². The maximum absolute atomic E-state index is 12.4. The molecule has 0 fully saturated rings. The van der Waals surface area contributed by atoms with Gasteiger partial charge in [0.05, 0.1) is 16.1 Å². The number of benzene rings is 1. The SMILES string of the molecule is CCC(C)(NC(=O)c1csc2ccccc12)C(N)=S. The van der Waals surface area contributed by atoms with Crippen molar-refractivity contribution in [2.75, 3.05) is 0 Å². The first-order valence-electron chi connectivity index (χ1n) is 6.06. The van der Waals surface area contributed by atoms with Crippen molar-refractivity contribution >= 4 is 44.5 Å². The zero-order chi connectivity index (χ0) is 14.0. The van der Waals surface area contributed by atoms with Crippen LogP contribution in [-0.2, 0) is 0 Å². The summed E-state index contributed by atoms with van der Waals surface area (Å²) in [6, 6.07) is 7.85. The van der Waals surface area contributed by atoms with E-state index in [2.05, 4.69) is 5.32 Å². The van der Waals surface area contributed by atoms with Crippen molar-refractivity contribution in [2.45, 2.75) is 25.8 Å². The van der Waals surface area contributed by atoms with E-state index in [-0.39, 0.29) is 5.91 Å². The lowest BCUT2D eigenvalue weighted by atomic mass is 9.98. The van der Waals surface area contributed by atoms with Gasteiger partial charge in [-0.2, -0.15) is 0 Å². The molecule has 3 N–H and O–H groups in total. The Morgan fingerprint density at radius 1 is 1.47 bits per heavy atom. The number of fused-ring (bicyclic) bond motifs is 1. The fourth-order valence-electron chi connectivity index (χ4n) is 1.80. The summed E-state index contributed by atoms with van der Waals surface area (Å²) in [6.07, 6.45) is 0.663. The molecular formula is C14H16N2OS2. The van der Waals surface area contributed by atoms with Gasteiger partial charge in [0.15, 0.2) is 0 Å². The molecular weight excluding hydrogens is 276 g/mol. The summed E-state index contributed by atoms with van der Waals surface area (Å²) in [6.45, 7) is 3.80. The second kappa shape index (κ2) is 5.27. The van der Waals surface area contributed by atoms with Crippen LogP contribution in [0, 0.1) is 0 Å². The highest BCUT2D eigenvalue weighted by molar-refractivity contribution is 7.80. The predicted molar refractivity (Wildman–Crippen MR) is 84.8 cm³/mol. The molecule has 1 amide bonds. The topological polar surface area (TPSA) is 55.1 Å². The lowest BCUT2D eigenvalue weighted by molar-refractivity contribution is 0.0928. The van der Waals surface area contributed by atoms with Crippen molar-refractivity contribution in [2.24, 2.45) is 5.73 Å². The molecule has 0 bridgehead atoms. The maximum atomic E-state index is 12.4. The summed E-state index contributed by atoms with van der Waals surface area (Å²) in [5.41, 5.74) is 5.75. The summed E-state index contributed by atoms with van der Waals surface area (Å²) in [5.74, 6) is -0.130. The van der Waals surface area contributed by atoms with Crippen LogP contribution in [-0.4, -0.2) is 16.4 Å². The molecule has 0 aliphatic carbocycles. The highest BCUT2D eigenvalue weighted by Crippen LogP contribution is 2.26. The largest absolute Gasteiger partial charge is 0.391 e. The molecule has 2 rings (SSSR count). The number of nitrogens with two attached hydrogens (primary N) is 1. The molecule has 0 radical (unpaired) electrons. The second-order valence-electron chi connectivity index (χ2n) is 4.65. The minimum absolute atomic E-state index is 0.130. The van der Waals surface area contributed by atoms with Gasteiger partial charge in [-0.1, -0.05) is 37.3 Å². The molecule has 3 nitrogen and oxygen atoms in total. The van der Waals surface area contributed by atoms with E-state index in [4.69, 9.17) is 18.0 Å². The standard InChI is InChI=1S/C14H16N2OS2/c1-3-14(2,13(15)18)16-12(17)10-8-19-11-7-5-4-6-9(10)11/h4-8H,3H2,1-2H3,(H2,15,18)(H,16,17). The Morgan fingerprint density at radius 3 is 2.79 bits per heavy atom. The number of hydrogen-bond donors (Lipinski definition) is 2. The van der Waals surface area contributed by atoms with Gasteiger partial charge in [-0.15, -0.1) is 11.3 Å². The Kier molecular flexibility index (Phi) is 3.87. The van der Waals surface area contributed by atoms with E-state index in [1.165, 1.54) is 0 Å². The van der Waals surface area contributed by atoms with Gasteiger partial charge in [-0.3, -0.25) is 4.79 Å². The van der Waals surface area contributed by atoms with Crippen molar-refractivity contribution in [3.05, 3.63) is 35.2 Å². The lowest BCUT2D eigenvalue weighted by Gasteiger charge is -2.28. The Labute approximate surface area is 121 Å². The number of amides is 1. The minimum atomic E-state index is -0.643. The van der Waals surface area contributed by atoms with Crippen LogP contribution >= 0.6 is 23.6 Å². The van der Waals surface area contributed by atoms with Crippen LogP contribution in [0.4, 0.5) is 0 Å². The number of carbonyl (C=O) groups excluding carboxylic acids is 1. The molecule has 5 heteroatoms. The predicted octanol–water partition coefficient (Wildman–Crippen LogP) is 3.09. The minimum Gasteiger partial charge on any atom is -0.391 e. The van der Waals surface area contributed by atoms with Gasteiger partial charge in [0.2, 0.25) is 0 Å². The third-order valence-corrected chi connectivity index (χ3v) is 4.78. The van der Waals surface area contributed by atoms with E-state index in [1.54, 1.807) is 11.3 Å². The average Bonchev–Trinajstić information content (AvgIpc) is 2.82. The average molecular weight is 292 g/mol. The molecule has 0 saturated carbocycles. The van der Waals surface area contributed by atoms with Crippen LogP contribution in [0.25, 0.3) is 10.1 Å². The van der Waals surface area contributed by atoms with Crippen LogP contribution in [0.5, 0.6) is 0 Å². The van der Waals surface area contributed by atoms with E-state index in [1.807, 2.05) is 43.5 Å². The Bertz CT molecular complexity index is 635. The Balaban J connectivity index is 2.32. The van der Waals surface area contributed by atoms with Crippen molar-refractivity contribution in [1.82, 2.24) is 5.32 Å². The molecule has 100 valence electrons. The third kappa shape index (κ3) is 2.62. The second-order valence-corrected chi connectivity index (χ2v) is 6.00. The maximum Gasteiger partial charge on any atom is 0.253 e. The van der Waals surface area contributed by atoms with Crippen LogP contribution < -0.4 is 11.1 Å². The number of rotatable bonds is 4. The molecule has 2 aromatic rings. The van der Waals surface area contributed by atoms with Gasteiger partial charge in [0.1, 0.15) is 0 Å².